The molecule has 1 aromatic heterocycles. The first kappa shape index (κ1) is 13.9. The van der Waals surface area contributed by atoms with Crippen molar-refractivity contribution in [3.05, 3.63) is 54.4 Å². The van der Waals surface area contributed by atoms with Crippen LogP contribution in [0, 0.1) is 5.82 Å². The maximum atomic E-state index is 13.0. The van der Waals surface area contributed by atoms with Gasteiger partial charge in [0, 0.05) is 44.3 Å². The third kappa shape index (κ3) is 4.01. The van der Waals surface area contributed by atoms with Gasteiger partial charge in [0.2, 0.25) is 0 Å². The van der Waals surface area contributed by atoms with E-state index in [1.807, 2.05) is 0 Å². The van der Waals surface area contributed by atoms with Crippen molar-refractivity contribution in [2.24, 2.45) is 0 Å². The second-order valence-corrected chi connectivity index (χ2v) is 4.31. The van der Waals surface area contributed by atoms with E-state index in [1.54, 1.807) is 37.8 Å². The van der Waals surface area contributed by atoms with Crippen LogP contribution in [0.25, 0.3) is 0 Å². The van der Waals surface area contributed by atoms with Crippen molar-refractivity contribution in [3.63, 3.8) is 0 Å². The van der Waals surface area contributed by atoms with Gasteiger partial charge in [-0.15, -0.1) is 0 Å². The summed E-state index contributed by atoms with van der Waals surface area (Å²) >= 11 is 0. The number of nitrogens with zero attached hydrogens (tertiary/aromatic N) is 3. The molecule has 0 saturated carbocycles. The second-order valence-electron chi connectivity index (χ2n) is 4.31. The summed E-state index contributed by atoms with van der Waals surface area (Å²) < 4.78 is 13.0. The van der Waals surface area contributed by atoms with Crippen LogP contribution in [0.3, 0.4) is 0 Å². The first-order valence-corrected chi connectivity index (χ1v) is 6.18. The standard InChI is InChI=1S/C14H15FN4O/c1-19(8-5-13-10-16-6-7-17-13)14(20)18-12-4-2-3-11(15)9-12/h2-4,6-7,9-10H,5,8H2,1H3,(H,18,20). The number of anilines is 1. The molecule has 0 saturated heterocycles. The van der Waals surface area contributed by atoms with Crippen LogP contribution in [0.4, 0.5) is 14.9 Å². The molecule has 2 rings (SSSR count). The van der Waals surface area contributed by atoms with E-state index < -0.39 is 0 Å². The van der Waals surface area contributed by atoms with E-state index in [1.165, 1.54) is 17.0 Å². The highest BCUT2D eigenvalue weighted by molar-refractivity contribution is 5.89. The summed E-state index contributed by atoms with van der Waals surface area (Å²) in [5.41, 5.74) is 1.25. The molecule has 0 fully saturated rings. The SMILES string of the molecule is CN(CCc1cnccn1)C(=O)Nc1cccc(F)c1. The molecule has 0 radical (unpaired) electrons. The van der Waals surface area contributed by atoms with Crippen LogP contribution in [-0.2, 0) is 6.42 Å². The maximum absolute atomic E-state index is 13.0. The zero-order chi connectivity index (χ0) is 14.4. The Morgan fingerprint density at radius 1 is 1.40 bits per heavy atom. The van der Waals surface area contributed by atoms with E-state index in [2.05, 4.69) is 15.3 Å². The molecule has 20 heavy (non-hydrogen) atoms. The number of rotatable bonds is 4. The summed E-state index contributed by atoms with van der Waals surface area (Å²) in [4.78, 5) is 21.5. The molecule has 0 atom stereocenters. The molecule has 1 heterocycles. The molecule has 0 spiro atoms. The highest BCUT2D eigenvalue weighted by atomic mass is 19.1. The predicted octanol–water partition coefficient (Wildman–Crippen LogP) is 2.32. The summed E-state index contributed by atoms with van der Waals surface area (Å²) in [5.74, 6) is -0.384. The maximum Gasteiger partial charge on any atom is 0.321 e. The number of aromatic nitrogens is 2. The van der Waals surface area contributed by atoms with Crippen LogP contribution >= 0.6 is 0 Å². The van der Waals surface area contributed by atoms with Crippen molar-refractivity contribution >= 4 is 11.7 Å². The zero-order valence-electron chi connectivity index (χ0n) is 11.1. The topological polar surface area (TPSA) is 58.1 Å². The largest absolute Gasteiger partial charge is 0.327 e. The highest BCUT2D eigenvalue weighted by Gasteiger charge is 2.09. The van der Waals surface area contributed by atoms with E-state index in [-0.39, 0.29) is 11.8 Å². The fourth-order valence-electron chi connectivity index (χ4n) is 1.63. The minimum atomic E-state index is -0.384. The fraction of sp³-hybridized carbons (Fsp3) is 0.214. The van der Waals surface area contributed by atoms with Crippen molar-refractivity contribution in [1.82, 2.24) is 14.9 Å². The van der Waals surface area contributed by atoms with Gasteiger partial charge in [-0.3, -0.25) is 9.97 Å². The number of carbonyl (C=O) groups excluding carboxylic acids is 1. The van der Waals surface area contributed by atoms with Gasteiger partial charge in [0.25, 0.3) is 0 Å². The quantitative estimate of drug-likeness (QED) is 0.930. The van der Waals surface area contributed by atoms with E-state index in [0.717, 1.165) is 5.69 Å². The van der Waals surface area contributed by atoms with E-state index >= 15 is 0 Å². The lowest BCUT2D eigenvalue weighted by Gasteiger charge is -2.17. The van der Waals surface area contributed by atoms with E-state index in [9.17, 15) is 9.18 Å². The Hall–Kier alpha value is -2.50. The van der Waals surface area contributed by atoms with E-state index in [4.69, 9.17) is 0 Å². The van der Waals surface area contributed by atoms with Crippen LogP contribution in [0.1, 0.15) is 5.69 Å². The number of carbonyl (C=O) groups is 1. The monoisotopic (exact) mass is 274 g/mol. The first-order chi connectivity index (χ1) is 9.65. The average Bonchev–Trinajstić information content (AvgIpc) is 2.46. The highest BCUT2D eigenvalue weighted by Crippen LogP contribution is 2.09. The fourth-order valence-corrected chi connectivity index (χ4v) is 1.63. The van der Waals surface area contributed by atoms with Crippen molar-refractivity contribution in [3.8, 4) is 0 Å². The number of benzene rings is 1. The summed E-state index contributed by atoms with van der Waals surface area (Å²) in [7, 11) is 1.67. The van der Waals surface area contributed by atoms with Crippen LogP contribution in [0.15, 0.2) is 42.9 Å². The Morgan fingerprint density at radius 3 is 2.95 bits per heavy atom. The van der Waals surface area contributed by atoms with Gasteiger partial charge in [0.1, 0.15) is 5.82 Å². The van der Waals surface area contributed by atoms with Gasteiger partial charge >= 0.3 is 6.03 Å². The Kier molecular flexibility index (Phi) is 4.60. The summed E-state index contributed by atoms with van der Waals surface area (Å²) in [6, 6.07) is 5.49. The molecular formula is C14H15FN4O. The molecule has 0 aliphatic carbocycles. The van der Waals surface area contributed by atoms with Crippen LogP contribution in [-0.4, -0.2) is 34.5 Å². The molecule has 6 heteroatoms. The Morgan fingerprint density at radius 2 is 2.25 bits per heavy atom. The van der Waals surface area contributed by atoms with Crippen molar-refractivity contribution in [2.75, 3.05) is 18.9 Å². The lowest BCUT2D eigenvalue weighted by atomic mass is 10.3. The Labute approximate surface area is 116 Å². The summed E-state index contributed by atoms with van der Waals surface area (Å²) in [5, 5.41) is 2.63. The Balaban J connectivity index is 1.86. The van der Waals surface area contributed by atoms with Crippen molar-refractivity contribution in [1.29, 1.82) is 0 Å². The van der Waals surface area contributed by atoms with Crippen molar-refractivity contribution < 1.29 is 9.18 Å². The molecular weight excluding hydrogens is 259 g/mol. The minimum absolute atomic E-state index is 0.292. The molecule has 1 N–H and O–H groups in total. The summed E-state index contributed by atoms with van der Waals surface area (Å²) in [6.45, 7) is 0.500. The minimum Gasteiger partial charge on any atom is -0.327 e. The second kappa shape index (κ2) is 6.60. The van der Waals surface area contributed by atoms with Crippen molar-refractivity contribution in [2.45, 2.75) is 6.42 Å². The number of nitrogens with one attached hydrogen (secondary N) is 1. The van der Waals surface area contributed by atoms with Gasteiger partial charge in [-0.1, -0.05) is 6.07 Å². The summed E-state index contributed by atoms with van der Waals surface area (Å²) in [6.07, 6.45) is 5.49. The van der Waals surface area contributed by atoms with Gasteiger partial charge in [0.05, 0.1) is 5.69 Å². The van der Waals surface area contributed by atoms with Crippen LogP contribution in [0.2, 0.25) is 0 Å². The molecule has 1 aromatic carbocycles. The first-order valence-electron chi connectivity index (χ1n) is 6.18. The lowest BCUT2D eigenvalue weighted by molar-refractivity contribution is 0.223. The number of hydrogen-bond acceptors (Lipinski definition) is 3. The zero-order valence-corrected chi connectivity index (χ0v) is 11.1. The van der Waals surface area contributed by atoms with Gasteiger partial charge in [-0.25, -0.2) is 9.18 Å². The normalized spacial score (nSPS) is 10.1. The van der Waals surface area contributed by atoms with Crippen LogP contribution < -0.4 is 5.32 Å². The lowest BCUT2D eigenvalue weighted by Crippen LogP contribution is -2.33. The van der Waals surface area contributed by atoms with Gasteiger partial charge in [-0.05, 0) is 18.2 Å². The Bertz CT molecular complexity index is 576. The average molecular weight is 274 g/mol. The van der Waals surface area contributed by atoms with E-state index in [0.29, 0.717) is 18.7 Å². The number of amides is 2. The molecule has 0 aliphatic rings. The molecule has 5 nitrogen and oxygen atoms in total. The third-order valence-corrected chi connectivity index (χ3v) is 2.74. The van der Waals surface area contributed by atoms with Gasteiger partial charge < -0.3 is 10.2 Å². The number of hydrogen-bond donors (Lipinski definition) is 1. The smallest absolute Gasteiger partial charge is 0.321 e. The molecule has 2 aromatic rings. The van der Waals surface area contributed by atoms with Crippen LogP contribution in [0.5, 0.6) is 0 Å². The number of urea groups is 1. The van der Waals surface area contributed by atoms with Gasteiger partial charge in [-0.2, -0.15) is 0 Å². The molecule has 104 valence electrons. The molecule has 0 aliphatic heterocycles. The molecule has 0 bridgehead atoms. The molecule has 2 amide bonds. The van der Waals surface area contributed by atoms with Gasteiger partial charge in [0.15, 0.2) is 0 Å². The number of likely N-dealkylation sites (N-methyl/N-ethyl adjacent to an activating group) is 1. The predicted molar refractivity (Wildman–Crippen MR) is 73.8 cm³/mol. The number of halogens is 1. The third-order valence-electron chi connectivity index (χ3n) is 2.74. The molecule has 0 unspecified atom stereocenters.